The first kappa shape index (κ1) is 45.4. The van der Waals surface area contributed by atoms with Crippen LogP contribution < -0.4 is 0 Å². The van der Waals surface area contributed by atoms with Gasteiger partial charge in [0.1, 0.15) is 58.5 Å². The van der Waals surface area contributed by atoms with Gasteiger partial charge in [0.15, 0.2) is 23.3 Å². The van der Waals surface area contributed by atoms with Crippen LogP contribution in [-0.2, 0) is 0 Å². The first-order valence-electron chi connectivity index (χ1n) is 24.0. The second-order valence-corrected chi connectivity index (χ2v) is 18.6. The average molecular weight is 968 g/mol. The second kappa shape index (κ2) is 17.3. The van der Waals surface area contributed by atoms with Crippen LogP contribution in [0.15, 0.2) is 91.0 Å². The van der Waals surface area contributed by atoms with Crippen molar-refractivity contribution in [3.63, 3.8) is 0 Å². The summed E-state index contributed by atoms with van der Waals surface area (Å²) in [6.45, 7) is 18.8. The molecule has 0 spiro atoms. The fraction of sp³-hybridized carbons (Fsp3) is 0.175. The molecule has 358 valence electrons. The van der Waals surface area contributed by atoms with E-state index in [0.29, 0.717) is 98.3 Å². The molecule has 17 heteroatoms. The van der Waals surface area contributed by atoms with Gasteiger partial charge in [-0.3, -0.25) is 0 Å². The number of nitriles is 1. The first-order chi connectivity index (χ1) is 35.6. The zero-order chi connectivity index (χ0) is 51.3. The molecular weight excluding hydrogens is 923 g/mol. The quantitative estimate of drug-likeness (QED) is 0.145. The molecule has 7 heterocycles. The van der Waals surface area contributed by atoms with Crippen LogP contribution in [0.25, 0.3) is 112 Å². The van der Waals surface area contributed by atoms with Crippen LogP contribution in [-0.4, -0.2) is 78.9 Å². The highest BCUT2D eigenvalue weighted by molar-refractivity contribution is 6.13. The smallest absolute Gasteiger partial charge is 0.163 e. The van der Waals surface area contributed by atoms with Crippen LogP contribution in [0.5, 0.6) is 0 Å². The lowest BCUT2D eigenvalue weighted by Crippen LogP contribution is -2.06. The van der Waals surface area contributed by atoms with E-state index in [4.69, 9.17) is 49.8 Å². The summed E-state index contributed by atoms with van der Waals surface area (Å²) in [6, 6.07) is 33.6. The number of benzene rings is 5. The van der Waals surface area contributed by atoms with Crippen molar-refractivity contribution in [2.75, 3.05) is 0 Å². The van der Waals surface area contributed by atoms with Crippen molar-refractivity contribution in [2.24, 2.45) is 0 Å². The molecule has 0 radical (unpaired) electrons. The van der Waals surface area contributed by atoms with Gasteiger partial charge in [-0.2, -0.15) is 5.26 Å². The van der Waals surface area contributed by atoms with Gasteiger partial charge in [-0.1, -0.05) is 48.5 Å². The van der Waals surface area contributed by atoms with E-state index in [1.807, 2.05) is 106 Å². The lowest BCUT2D eigenvalue weighted by Gasteiger charge is -2.19. The summed E-state index contributed by atoms with van der Waals surface area (Å²) in [7, 11) is 0. The summed E-state index contributed by atoms with van der Waals surface area (Å²) in [5.41, 5.74) is 10.5. The minimum atomic E-state index is 0.397. The summed E-state index contributed by atoms with van der Waals surface area (Å²) in [5, 5.41) is 15.5. The molecular formula is C57H45N17. The highest BCUT2D eigenvalue weighted by Gasteiger charge is 2.25. The zero-order valence-electron chi connectivity index (χ0n) is 42.3. The molecule has 0 unspecified atom stereocenters. The third-order valence-electron chi connectivity index (χ3n) is 13.0. The Balaban J connectivity index is 1.21. The number of nitrogens with zero attached hydrogens (tertiary/aromatic N) is 17. The lowest BCUT2D eigenvalue weighted by atomic mass is 10.0. The normalized spacial score (nSPS) is 11.6. The van der Waals surface area contributed by atoms with Crippen LogP contribution in [0.1, 0.15) is 63.7 Å². The van der Waals surface area contributed by atoms with Crippen LogP contribution >= 0.6 is 0 Å². The van der Waals surface area contributed by atoms with Gasteiger partial charge in [0.05, 0.1) is 44.7 Å². The number of rotatable bonds is 7. The monoisotopic (exact) mass is 967 g/mol. The Morgan fingerprint density at radius 3 is 0.946 bits per heavy atom. The molecule has 0 saturated heterocycles. The third kappa shape index (κ3) is 7.89. The van der Waals surface area contributed by atoms with E-state index in [1.54, 1.807) is 0 Å². The van der Waals surface area contributed by atoms with Crippen molar-refractivity contribution in [3.8, 4) is 74.3 Å². The molecule has 5 aromatic carbocycles. The van der Waals surface area contributed by atoms with Gasteiger partial charge >= 0.3 is 0 Å². The Labute approximate surface area is 424 Å². The molecule has 0 atom stereocenters. The molecule has 7 aromatic heterocycles. The Morgan fingerprint density at radius 2 is 0.635 bits per heavy atom. The minimum absolute atomic E-state index is 0.397. The molecule has 0 amide bonds. The molecule has 74 heavy (non-hydrogen) atoms. The highest BCUT2D eigenvalue weighted by Crippen LogP contribution is 2.43. The first-order valence-corrected chi connectivity index (χ1v) is 24.0. The van der Waals surface area contributed by atoms with Gasteiger partial charge in [-0.05, 0) is 112 Å². The largest absolute Gasteiger partial charge is 0.308 e. The standard InChI is InChI=1S/C57H45N17/c1-27-19-47(64-28(2)59-27)46-25-48(73-49-20-37(54-65-29(3)60-30(4)66-54)11-15-42(49)43-16-12-38(21-50(43)73)55-67-31(5)61-32(6)68-55)41(26-58)24-53(46)74-51-22-39(56-69-33(7)62-34(8)70-56)13-17-44(51)45-18-14-40(23-52(45)74)57-71-35(9)63-36(10)72-57/h11-25H,1-10H3. The number of fused-ring (bicyclic) bond motifs is 6. The van der Waals surface area contributed by atoms with Crippen molar-refractivity contribution in [3.05, 3.63) is 155 Å². The zero-order valence-corrected chi connectivity index (χ0v) is 42.3. The Kier molecular flexibility index (Phi) is 10.6. The fourth-order valence-electron chi connectivity index (χ4n) is 10.2. The summed E-state index contributed by atoms with van der Waals surface area (Å²) in [4.78, 5) is 65.8. The molecule has 12 rings (SSSR count). The molecule has 0 saturated carbocycles. The van der Waals surface area contributed by atoms with Crippen molar-refractivity contribution in [2.45, 2.75) is 69.2 Å². The van der Waals surface area contributed by atoms with Crippen LogP contribution in [0.2, 0.25) is 0 Å². The Hall–Kier alpha value is -9.69. The summed E-state index contributed by atoms with van der Waals surface area (Å²) in [5.74, 6) is 7.73. The maximum absolute atomic E-state index is 11.6. The van der Waals surface area contributed by atoms with Crippen molar-refractivity contribution in [1.29, 1.82) is 5.26 Å². The predicted molar refractivity (Wildman–Crippen MR) is 284 cm³/mol. The maximum atomic E-state index is 11.6. The number of hydrogen-bond donors (Lipinski definition) is 0. The molecule has 0 N–H and O–H groups in total. The van der Waals surface area contributed by atoms with Crippen LogP contribution in [0.4, 0.5) is 0 Å². The van der Waals surface area contributed by atoms with E-state index in [1.165, 1.54) is 0 Å². The summed E-state index contributed by atoms with van der Waals surface area (Å²) >= 11 is 0. The van der Waals surface area contributed by atoms with Gasteiger partial charge in [0, 0.05) is 55.1 Å². The molecule has 0 bridgehead atoms. The van der Waals surface area contributed by atoms with E-state index >= 15 is 0 Å². The Bertz CT molecular complexity index is 4090. The SMILES string of the molecule is Cc1cc(-c2cc(-n3c4cc(-c5nc(C)nc(C)n5)ccc4c4ccc(-c5nc(C)nc(C)n5)cc43)c(C#N)cc2-n2c3cc(-c4nc(C)nc(C)n4)ccc3c3ccc(-c4nc(C)nc(C)n4)cc32)nc(C)n1. The van der Waals surface area contributed by atoms with Gasteiger partial charge < -0.3 is 9.13 Å². The van der Waals surface area contributed by atoms with Gasteiger partial charge in [0.25, 0.3) is 0 Å². The molecule has 0 aliphatic heterocycles. The van der Waals surface area contributed by atoms with Crippen molar-refractivity contribution >= 4 is 43.6 Å². The van der Waals surface area contributed by atoms with Crippen LogP contribution in [0, 0.1) is 80.6 Å². The molecule has 17 nitrogen and oxygen atoms in total. The van der Waals surface area contributed by atoms with Crippen molar-refractivity contribution < 1.29 is 0 Å². The second-order valence-electron chi connectivity index (χ2n) is 18.6. The molecule has 0 aliphatic carbocycles. The highest BCUT2D eigenvalue weighted by atomic mass is 15.1. The van der Waals surface area contributed by atoms with E-state index in [2.05, 4.69) is 89.7 Å². The fourth-order valence-corrected chi connectivity index (χ4v) is 10.2. The maximum Gasteiger partial charge on any atom is 0.163 e. The minimum Gasteiger partial charge on any atom is -0.308 e. The van der Waals surface area contributed by atoms with Gasteiger partial charge in [-0.15, -0.1) is 0 Å². The van der Waals surface area contributed by atoms with Gasteiger partial charge in [-0.25, -0.2) is 69.8 Å². The molecule has 0 aliphatic rings. The van der Waals surface area contributed by atoms with E-state index in [0.717, 1.165) is 77.1 Å². The molecule has 12 aromatic rings. The topological polar surface area (TPSA) is 214 Å². The number of aryl methyl sites for hydroxylation is 10. The summed E-state index contributed by atoms with van der Waals surface area (Å²) in [6.07, 6.45) is 0. The molecule has 0 fully saturated rings. The van der Waals surface area contributed by atoms with Crippen molar-refractivity contribution in [1.82, 2.24) is 78.9 Å². The van der Waals surface area contributed by atoms with Gasteiger partial charge in [0.2, 0.25) is 0 Å². The third-order valence-corrected chi connectivity index (χ3v) is 13.0. The lowest BCUT2D eigenvalue weighted by molar-refractivity contribution is 0.928. The van der Waals surface area contributed by atoms with E-state index in [-0.39, 0.29) is 0 Å². The Morgan fingerprint density at radius 1 is 0.324 bits per heavy atom. The number of hydrogen-bond acceptors (Lipinski definition) is 15. The number of aromatic nitrogens is 16. The van der Waals surface area contributed by atoms with Crippen LogP contribution in [0.3, 0.4) is 0 Å². The van der Waals surface area contributed by atoms with E-state index < -0.39 is 0 Å². The predicted octanol–water partition coefficient (Wildman–Crippen LogP) is 10.7. The summed E-state index contributed by atoms with van der Waals surface area (Å²) < 4.78 is 4.34. The van der Waals surface area contributed by atoms with E-state index in [9.17, 15) is 5.26 Å². The average Bonchev–Trinajstić information content (AvgIpc) is 3.86.